The van der Waals surface area contributed by atoms with Gasteiger partial charge in [0, 0.05) is 42.6 Å². The Balaban J connectivity index is 1.40. The molecule has 0 fully saturated rings. The number of hydrogen-bond acceptors (Lipinski definition) is 5. The molecule has 3 heterocycles. The van der Waals surface area contributed by atoms with E-state index in [-0.39, 0.29) is 5.82 Å². The fourth-order valence-corrected chi connectivity index (χ4v) is 3.21. The van der Waals surface area contributed by atoms with Crippen molar-refractivity contribution >= 4 is 17.5 Å². The molecular weight excluding hydrogens is 355 g/mol. The van der Waals surface area contributed by atoms with Crippen LogP contribution in [-0.2, 0) is 26.2 Å². The van der Waals surface area contributed by atoms with Crippen LogP contribution in [-0.4, -0.2) is 31.2 Å². The Morgan fingerprint density at radius 2 is 2.00 bits per heavy atom. The maximum atomic E-state index is 14.0. The van der Waals surface area contributed by atoms with E-state index < -0.39 is 0 Å². The zero-order chi connectivity index (χ0) is 17.9. The monoisotopic (exact) mass is 372 g/mol. The number of hydrogen-bond donors (Lipinski definition) is 1. The molecule has 3 aromatic rings. The standard InChI is InChI=1S/C18H18ClFN6/c19-14-3-2-13(17(20)8-14)11-25-6-7-26-16(12-25)9-15(24-26)10-23-18-21-4-1-5-22-18/h1-5,8-9H,6-7,10-12H2,(H,21,22,23). The lowest BCUT2D eigenvalue weighted by molar-refractivity contribution is 0.202. The largest absolute Gasteiger partial charge is 0.348 e. The van der Waals surface area contributed by atoms with Crippen LogP contribution in [0, 0.1) is 5.82 Å². The molecule has 0 aliphatic carbocycles. The van der Waals surface area contributed by atoms with E-state index in [4.69, 9.17) is 11.6 Å². The highest BCUT2D eigenvalue weighted by molar-refractivity contribution is 6.30. The fraction of sp³-hybridized carbons (Fsp3) is 0.278. The molecule has 0 amide bonds. The van der Waals surface area contributed by atoms with Gasteiger partial charge in [0.15, 0.2) is 0 Å². The number of benzene rings is 1. The molecule has 134 valence electrons. The van der Waals surface area contributed by atoms with Crippen molar-refractivity contribution in [2.24, 2.45) is 0 Å². The summed E-state index contributed by atoms with van der Waals surface area (Å²) in [5, 5.41) is 8.20. The molecule has 26 heavy (non-hydrogen) atoms. The lowest BCUT2D eigenvalue weighted by atomic mass is 10.2. The van der Waals surface area contributed by atoms with Crippen molar-refractivity contribution in [3.63, 3.8) is 0 Å². The molecule has 0 bridgehead atoms. The first kappa shape index (κ1) is 16.9. The van der Waals surface area contributed by atoms with Crippen molar-refractivity contribution in [1.82, 2.24) is 24.6 Å². The molecule has 1 aromatic carbocycles. The van der Waals surface area contributed by atoms with Gasteiger partial charge in [-0.2, -0.15) is 5.10 Å². The van der Waals surface area contributed by atoms with E-state index >= 15 is 0 Å². The average Bonchev–Trinajstić information content (AvgIpc) is 3.05. The summed E-state index contributed by atoms with van der Waals surface area (Å²) in [6, 6.07) is 8.68. The Kier molecular flexibility index (Phi) is 4.81. The first-order valence-corrected chi connectivity index (χ1v) is 8.78. The molecule has 2 aromatic heterocycles. The molecule has 0 saturated carbocycles. The van der Waals surface area contributed by atoms with Gasteiger partial charge in [0.2, 0.25) is 5.95 Å². The van der Waals surface area contributed by atoms with Crippen LogP contribution in [0.3, 0.4) is 0 Å². The highest BCUT2D eigenvalue weighted by Gasteiger charge is 2.19. The van der Waals surface area contributed by atoms with Gasteiger partial charge in [0.1, 0.15) is 5.82 Å². The molecule has 0 saturated heterocycles. The van der Waals surface area contributed by atoms with Gasteiger partial charge in [-0.05, 0) is 24.3 Å². The Bertz CT molecular complexity index is 898. The summed E-state index contributed by atoms with van der Waals surface area (Å²) in [4.78, 5) is 10.5. The lowest BCUT2D eigenvalue weighted by Crippen LogP contribution is -2.33. The summed E-state index contributed by atoms with van der Waals surface area (Å²) in [7, 11) is 0. The second-order valence-corrected chi connectivity index (χ2v) is 6.66. The van der Waals surface area contributed by atoms with Gasteiger partial charge in [0.05, 0.1) is 24.5 Å². The van der Waals surface area contributed by atoms with E-state index in [2.05, 4.69) is 31.3 Å². The van der Waals surface area contributed by atoms with Gasteiger partial charge in [0.25, 0.3) is 0 Å². The van der Waals surface area contributed by atoms with Crippen molar-refractivity contribution in [2.45, 2.75) is 26.2 Å². The van der Waals surface area contributed by atoms with Crippen molar-refractivity contribution < 1.29 is 4.39 Å². The van der Waals surface area contributed by atoms with Crippen LogP contribution in [0.4, 0.5) is 10.3 Å². The molecule has 0 atom stereocenters. The predicted molar refractivity (Wildman–Crippen MR) is 97.1 cm³/mol. The molecule has 0 radical (unpaired) electrons. The van der Waals surface area contributed by atoms with Crippen LogP contribution in [0.15, 0.2) is 42.7 Å². The second-order valence-electron chi connectivity index (χ2n) is 6.22. The van der Waals surface area contributed by atoms with Gasteiger partial charge in [-0.3, -0.25) is 9.58 Å². The summed E-state index contributed by atoms with van der Waals surface area (Å²) in [5.74, 6) is 0.322. The Morgan fingerprint density at radius 3 is 2.81 bits per heavy atom. The molecule has 4 rings (SSSR count). The smallest absolute Gasteiger partial charge is 0.222 e. The normalized spacial score (nSPS) is 14.2. The van der Waals surface area contributed by atoms with Crippen molar-refractivity contribution in [3.8, 4) is 0 Å². The molecule has 0 spiro atoms. The van der Waals surface area contributed by atoms with Crippen LogP contribution in [0.1, 0.15) is 17.0 Å². The average molecular weight is 373 g/mol. The number of aromatic nitrogens is 4. The van der Waals surface area contributed by atoms with E-state index in [1.165, 1.54) is 6.07 Å². The van der Waals surface area contributed by atoms with E-state index in [0.717, 1.165) is 31.0 Å². The third-order valence-corrected chi connectivity index (χ3v) is 4.57. The molecule has 0 unspecified atom stereocenters. The number of anilines is 1. The fourth-order valence-electron chi connectivity index (χ4n) is 3.05. The summed E-state index contributed by atoms with van der Waals surface area (Å²) in [5.41, 5.74) is 2.72. The zero-order valence-corrected chi connectivity index (χ0v) is 14.8. The minimum Gasteiger partial charge on any atom is -0.348 e. The number of halogens is 2. The number of nitrogens with zero attached hydrogens (tertiary/aromatic N) is 5. The number of fused-ring (bicyclic) bond motifs is 1. The zero-order valence-electron chi connectivity index (χ0n) is 14.1. The van der Waals surface area contributed by atoms with Crippen LogP contribution in [0.25, 0.3) is 0 Å². The molecule has 8 heteroatoms. The summed E-state index contributed by atoms with van der Waals surface area (Å²) >= 11 is 5.82. The summed E-state index contributed by atoms with van der Waals surface area (Å²) in [6.45, 7) is 3.46. The van der Waals surface area contributed by atoms with Crippen LogP contribution in [0.2, 0.25) is 5.02 Å². The molecular formula is C18H18ClFN6. The maximum Gasteiger partial charge on any atom is 0.222 e. The van der Waals surface area contributed by atoms with E-state index in [1.807, 2.05) is 4.68 Å². The quantitative estimate of drug-likeness (QED) is 0.745. The molecule has 1 aliphatic heterocycles. The number of nitrogens with one attached hydrogen (secondary N) is 1. The maximum absolute atomic E-state index is 14.0. The third kappa shape index (κ3) is 3.84. The topological polar surface area (TPSA) is 58.9 Å². The van der Waals surface area contributed by atoms with E-state index in [9.17, 15) is 4.39 Å². The lowest BCUT2D eigenvalue weighted by Gasteiger charge is -2.27. The van der Waals surface area contributed by atoms with E-state index in [1.54, 1.807) is 30.6 Å². The SMILES string of the molecule is Fc1cc(Cl)ccc1CN1CCn2nc(CNc3ncccn3)cc2C1. The van der Waals surface area contributed by atoms with Crippen LogP contribution in [0.5, 0.6) is 0 Å². The van der Waals surface area contributed by atoms with Gasteiger partial charge in [-0.1, -0.05) is 17.7 Å². The minimum absolute atomic E-state index is 0.260. The first-order chi connectivity index (χ1) is 12.7. The van der Waals surface area contributed by atoms with Gasteiger partial charge in [-0.15, -0.1) is 0 Å². The number of rotatable bonds is 5. The van der Waals surface area contributed by atoms with Crippen LogP contribution < -0.4 is 5.32 Å². The highest BCUT2D eigenvalue weighted by atomic mass is 35.5. The van der Waals surface area contributed by atoms with Crippen LogP contribution >= 0.6 is 11.6 Å². The first-order valence-electron chi connectivity index (χ1n) is 8.40. The predicted octanol–water partition coefficient (Wildman–Crippen LogP) is 3.09. The molecule has 1 N–H and O–H groups in total. The van der Waals surface area contributed by atoms with Gasteiger partial charge >= 0.3 is 0 Å². The minimum atomic E-state index is -0.260. The van der Waals surface area contributed by atoms with Gasteiger partial charge in [-0.25, -0.2) is 14.4 Å². The third-order valence-electron chi connectivity index (χ3n) is 4.33. The summed E-state index contributed by atoms with van der Waals surface area (Å²) < 4.78 is 16.0. The second kappa shape index (κ2) is 7.39. The van der Waals surface area contributed by atoms with E-state index in [0.29, 0.717) is 29.6 Å². The van der Waals surface area contributed by atoms with Crippen molar-refractivity contribution in [1.29, 1.82) is 0 Å². The Morgan fingerprint density at radius 1 is 1.15 bits per heavy atom. The Hall–Kier alpha value is -2.51. The van der Waals surface area contributed by atoms with Crippen molar-refractivity contribution in [3.05, 3.63) is 70.5 Å². The summed E-state index contributed by atoms with van der Waals surface area (Å²) in [6.07, 6.45) is 3.39. The molecule has 1 aliphatic rings. The Labute approximate surface area is 155 Å². The highest BCUT2D eigenvalue weighted by Crippen LogP contribution is 2.20. The van der Waals surface area contributed by atoms with Crippen molar-refractivity contribution in [2.75, 3.05) is 11.9 Å². The van der Waals surface area contributed by atoms with Gasteiger partial charge < -0.3 is 5.32 Å². The molecule has 6 nitrogen and oxygen atoms in total.